The fourth-order valence-electron chi connectivity index (χ4n) is 1.89. The standard InChI is InChI=1S/C13H12F3N5O3/c14-13(15,16)10-8-9(2-3-11(10)21(23)24)19-12(22)17-5-7-20-6-1-4-18-20/h1-4,6,8H,5,7H2,(H2,17,19,22). The van der Waals surface area contributed by atoms with Crippen LogP contribution in [-0.2, 0) is 12.7 Å². The van der Waals surface area contributed by atoms with Crippen molar-refractivity contribution in [2.75, 3.05) is 11.9 Å². The number of alkyl halides is 3. The number of aromatic nitrogens is 2. The smallest absolute Gasteiger partial charge is 0.336 e. The molecule has 0 atom stereocenters. The van der Waals surface area contributed by atoms with E-state index in [0.717, 1.165) is 6.07 Å². The highest BCUT2D eigenvalue weighted by atomic mass is 19.4. The van der Waals surface area contributed by atoms with E-state index in [9.17, 15) is 28.1 Å². The fourth-order valence-corrected chi connectivity index (χ4v) is 1.89. The summed E-state index contributed by atoms with van der Waals surface area (Å²) in [7, 11) is 0. The number of nitro benzene ring substituents is 1. The Morgan fingerprint density at radius 1 is 1.38 bits per heavy atom. The highest BCUT2D eigenvalue weighted by Crippen LogP contribution is 2.37. The SMILES string of the molecule is O=C(NCCn1cccn1)Nc1ccc([N+](=O)[O-])c(C(F)(F)F)c1. The predicted octanol–water partition coefficient (Wildman–Crippen LogP) is 2.63. The first-order chi connectivity index (χ1) is 11.3. The minimum atomic E-state index is -4.91. The summed E-state index contributed by atoms with van der Waals surface area (Å²) in [6, 6.07) is 3.22. The fraction of sp³-hybridized carbons (Fsp3) is 0.231. The van der Waals surface area contributed by atoms with Crippen LogP contribution in [0.2, 0.25) is 0 Å². The third-order valence-corrected chi connectivity index (χ3v) is 2.94. The van der Waals surface area contributed by atoms with E-state index in [1.807, 2.05) is 0 Å². The first-order valence-electron chi connectivity index (χ1n) is 6.65. The van der Waals surface area contributed by atoms with Gasteiger partial charge in [-0.3, -0.25) is 14.8 Å². The van der Waals surface area contributed by atoms with Crippen LogP contribution in [0.25, 0.3) is 0 Å². The van der Waals surface area contributed by atoms with Crippen molar-refractivity contribution in [2.45, 2.75) is 12.7 Å². The summed E-state index contributed by atoms with van der Waals surface area (Å²) in [5, 5.41) is 19.2. The van der Waals surface area contributed by atoms with E-state index in [1.165, 1.54) is 0 Å². The van der Waals surface area contributed by atoms with Gasteiger partial charge < -0.3 is 10.6 Å². The van der Waals surface area contributed by atoms with Crippen molar-refractivity contribution in [1.82, 2.24) is 15.1 Å². The van der Waals surface area contributed by atoms with Crippen LogP contribution in [0.3, 0.4) is 0 Å². The number of carbonyl (C=O) groups excluding carboxylic acids is 1. The molecule has 0 spiro atoms. The summed E-state index contributed by atoms with van der Waals surface area (Å²) < 4.78 is 40.1. The average Bonchev–Trinajstić information content (AvgIpc) is 2.99. The second kappa shape index (κ2) is 6.98. The zero-order valence-electron chi connectivity index (χ0n) is 12.1. The molecule has 0 fully saturated rings. The Morgan fingerprint density at radius 3 is 2.71 bits per heavy atom. The molecule has 0 saturated carbocycles. The van der Waals surface area contributed by atoms with Gasteiger partial charge in [0.2, 0.25) is 0 Å². The first-order valence-corrected chi connectivity index (χ1v) is 6.65. The maximum atomic E-state index is 12.8. The van der Waals surface area contributed by atoms with Crippen molar-refractivity contribution in [1.29, 1.82) is 0 Å². The summed E-state index contributed by atoms with van der Waals surface area (Å²) in [5.74, 6) is 0. The summed E-state index contributed by atoms with van der Waals surface area (Å²) >= 11 is 0. The lowest BCUT2D eigenvalue weighted by Gasteiger charge is -2.11. The molecule has 0 aliphatic carbocycles. The van der Waals surface area contributed by atoms with E-state index >= 15 is 0 Å². The van der Waals surface area contributed by atoms with Gasteiger partial charge in [0.1, 0.15) is 5.56 Å². The van der Waals surface area contributed by atoms with E-state index < -0.39 is 28.4 Å². The number of nitrogens with zero attached hydrogens (tertiary/aromatic N) is 3. The number of hydrogen-bond acceptors (Lipinski definition) is 4. The Morgan fingerprint density at radius 2 is 2.12 bits per heavy atom. The van der Waals surface area contributed by atoms with Crippen LogP contribution in [0.4, 0.5) is 29.3 Å². The molecule has 0 aliphatic heterocycles. The molecule has 2 rings (SSSR count). The number of anilines is 1. The van der Waals surface area contributed by atoms with Crippen molar-refractivity contribution in [3.8, 4) is 0 Å². The molecule has 1 heterocycles. The van der Waals surface area contributed by atoms with Crippen LogP contribution in [-0.4, -0.2) is 27.3 Å². The zero-order valence-corrected chi connectivity index (χ0v) is 12.1. The van der Waals surface area contributed by atoms with Crippen molar-refractivity contribution in [3.63, 3.8) is 0 Å². The Labute approximate surface area is 133 Å². The number of benzene rings is 1. The summed E-state index contributed by atoms with van der Waals surface area (Å²) in [6.45, 7) is 0.584. The second-order valence-electron chi connectivity index (χ2n) is 4.64. The topological polar surface area (TPSA) is 102 Å². The Hall–Kier alpha value is -3.11. The quantitative estimate of drug-likeness (QED) is 0.643. The van der Waals surface area contributed by atoms with E-state index in [1.54, 1.807) is 23.1 Å². The van der Waals surface area contributed by atoms with Gasteiger partial charge in [-0.1, -0.05) is 0 Å². The molecule has 8 nitrogen and oxygen atoms in total. The normalized spacial score (nSPS) is 11.1. The van der Waals surface area contributed by atoms with E-state index in [4.69, 9.17) is 0 Å². The molecule has 1 aromatic heterocycles. The molecule has 1 aromatic carbocycles. The third-order valence-electron chi connectivity index (χ3n) is 2.94. The molecule has 0 aliphatic rings. The molecule has 2 N–H and O–H groups in total. The monoisotopic (exact) mass is 343 g/mol. The van der Waals surface area contributed by atoms with Gasteiger partial charge >= 0.3 is 12.2 Å². The van der Waals surface area contributed by atoms with Crippen molar-refractivity contribution >= 4 is 17.4 Å². The molecule has 2 amide bonds. The number of nitrogens with one attached hydrogen (secondary N) is 2. The van der Waals surface area contributed by atoms with Crippen molar-refractivity contribution in [2.24, 2.45) is 0 Å². The lowest BCUT2D eigenvalue weighted by atomic mass is 10.1. The zero-order chi connectivity index (χ0) is 17.7. The van der Waals surface area contributed by atoms with Gasteiger partial charge in [-0.2, -0.15) is 18.3 Å². The van der Waals surface area contributed by atoms with Crippen LogP contribution in [0.1, 0.15) is 5.56 Å². The highest BCUT2D eigenvalue weighted by Gasteiger charge is 2.38. The van der Waals surface area contributed by atoms with Crippen LogP contribution in [0, 0.1) is 10.1 Å². The maximum absolute atomic E-state index is 12.8. The van der Waals surface area contributed by atoms with Gasteiger partial charge in [0.05, 0.1) is 11.5 Å². The van der Waals surface area contributed by atoms with Gasteiger partial charge in [-0.15, -0.1) is 0 Å². The maximum Gasteiger partial charge on any atom is 0.423 e. The number of nitro groups is 1. The molecular weight excluding hydrogens is 331 g/mol. The lowest BCUT2D eigenvalue weighted by molar-refractivity contribution is -0.388. The molecule has 0 unspecified atom stereocenters. The minimum absolute atomic E-state index is 0.201. The van der Waals surface area contributed by atoms with Crippen LogP contribution in [0.5, 0.6) is 0 Å². The number of halogens is 3. The van der Waals surface area contributed by atoms with Crippen LogP contribution >= 0.6 is 0 Å². The van der Waals surface area contributed by atoms with Crippen molar-refractivity contribution < 1.29 is 22.9 Å². The summed E-state index contributed by atoms with van der Waals surface area (Å²) in [4.78, 5) is 21.2. The number of hydrogen-bond donors (Lipinski definition) is 2. The molecular formula is C13H12F3N5O3. The lowest BCUT2D eigenvalue weighted by Crippen LogP contribution is -2.31. The van der Waals surface area contributed by atoms with Crippen LogP contribution in [0.15, 0.2) is 36.7 Å². The predicted molar refractivity (Wildman–Crippen MR) is 77.3 cm³/mol. The first kappa shape index (κ1) is 17.2. The van der Waals surface area contributed by atoms with E-state index in [2.05, 4.69) is 15.7 Å². The second-order valence-corrected chi connectivity index (χ2v) is 4.64. The van der Waals surface area contributed by atoms with Gasteiger partial charge in [-0.25, -0.2) is 4.79 Å². The number of urea groups is 1. The number of amides is 2. The Kier molecular flexibility index (Phi) is 5.02. The van der Waals surface area contributed by atoms with E-state index in [0.29, 0.717) is 18.7 Å². The van der Waals surface area contributed by atoms with Gasteiger partial charge in [-0.05, 0) is 18.2 Å². The van der Waals surface area contributed by atoms with Crippen LogP contribution < -0.4 is 10.6 Å². The van der Waals surface area contributed by atoms with E-state index in [-0.39, 0.29) is 12.2 Å². The molecule has 0 bridgehead atoms. The highest BCUT2D eigenvalue weighted by molar-refractivity contribution is 5.89. The molecule has 0 saturated heterocycles. The number of rotatable bonds is 5. The van der Waals surface area contributed by atoms with Gasteiger partial charge in [0.15, 0.2) is 0 Å². The third kappa shape index (κ3) is 4.44. The van der Waals surface area contributed by atoms with Crippen molar-refractivity contribution in [3.05, 3.63) is 52.3 Å². The average molecular weight is 343 g/mol. The molecule has 128 valence electrons. The molecule has 11 heteroatoms. The largest absolute Gasteiger partial charge is 0.423 e. The summed E-state index contributed by atoms with van der Waals surface area (Å²) in [5.41, 5.74) is -2.71. The minimum Gasteiger partial charge on any atom is -0.336 e. The number of carbonyl (C=O) groups is 1. The Bertz CT molecular complexity index is 731. The van der Waals surface area contributed by atoms with Gasteiger partial charge in [0, 0.05) is 30.7 Å². The summed E-state index contributed by atoms with van der Waals surface area (Å²) in [6.07, 6.45) is -1.65. The molecule has 0 radical (unpaired) electrons. The van der Waals surface area contributed by atoms with Gasteiger partial charge in [0.25, 0.3) is 5.69 Å². The molecule has 2 aromatic rings. The molecule has 24 heavy (non-hydrogen) atoms. The Balaban J connectivity index is 2.01.